The summed E-state index contributed by atoms with van der Waals surface area (Å²) in [6, 6.07) is 17.5. The molecule has 0 amide bonds. The fraction of sp³-hybridized carbons (Fsp3) is 0.348. The minimum absolute atomic E-state index is 0.124. The van der Waals surface area contributed by atoms with Crippen molar-refractivity contribution in [3.63, 3.8) is 0 Å². The zero-order chi connectivity index (χ0) is 17.9. The normalized spacial score (nSPS) is 19.3. The van der Waals surface area contributed by atoms with Gasteiger partial charge in [0, 0.05) is 25.4 Å². The molecule has 1 N–H and O–H groups in total. The van der Waals surface area contributed by atoms with Crippen LogP contribution >= 0.6 is 0 Å². The molecule has 26 heavy (non-hydrogen) atoms. The molecule has 3 heteroatoms. The van der Waals surface area contributed by atoms with E-state index in [0.29, 0.717) is 11.8 Å². The van der Waals surface area contributed by atoms with Gasteiger partial charge in [0.2, 0.25) is 0 Å². The average Bonchev–Trinajstić information content (AvgIpc) is 3.09. The fourth-order valence-corrected chi connectivity index (χ4v) is 3.95. The number of aliphatic hydroxyl groups is 1. The molecule has 0 spiro atoms. The quantitative estimate of drug-likeness (QED) is 0.706. The molecule has 1 aromatic heterocycles. The zero-order valence-electron chi connectivity index (χ0n) is 15.3. The summed E-state index contributed by atoms with van der Waals surface area (Å²) in [6.07, 6.45) is 7.35. The van der Waals surface area contributed by atoms with E-state index in [9.17, 15) is 0 Å². The lowest BCUT2D eigenvalue weighted by Gasteiger charge is -2.36. The molecule has 2 aromatic carbocycles. The van der Waals surface area contributed by atoms with Crippen LogP contribution in [-0.2, 0) is 19.6 Å². The highest BCUT2D eigenvalue weighted by Crippen LogP contribution is 2.47. The minimum atomic E-state index is 0.124. The second kappa shape index (κ2) is 7.46. The Morgan fingerprint density at radius 1 is 0.923 bits per heavy atom. The number of nitrogens with zero attached hydrogens (tertiary/aromatic N) is 2. The number of aromatic nitrogens is 2. The van der Waals surface area contributed by atoms with Crippen molar-refractivity contribution in [1.82, 2.24) is 9.55 Å². The van der Waals surface area contributed by atoms with Crippen LogP contribution < -0.4 is 0 Å². The van der Waals surface area contributed by atoms with Gasteiger partial charge in [0.05, 0.1) is 6.61 Å². The van der Waals surface area contributed by atoms with E-state index in [0.717, 1.165) is 24.4 Å². The lowest BCUT2D eigenvalue weighted by atomic mass is 9.68. The first kappa shape index (κ1) is 17.0. The van der Waals surface area contributed by atoms with Crippen LogP contribution in [0, 0.1) is 0 Å². The molecule has 4 rings (SSSR count). The Morgan fingerprint density at radius 3 is 2.04 bits per heavy atom. The van der Waals surface area contributed by atoms with Gasteiger partial charge in [-0.25, -0.2) is 4.98 Å². The molecule has 0 unspecified atom stereocenters. The molecule has 1 aliphatic rings. The van der Waals surface area contributed by atoms with E-state index in [4.69, 9.17) is 5.11 Å². The Morgan fingerprint density at radius 2 is 1.50 bits per heavy atom. The van der Waals surface area contributed by atoms with Gasteiger partial charge in [-0.3, -0.25) is 0 Å². The van der Waals surface area contributed by atoms with Crippen molar-refractivity contribution in [3.8, 4) is 0 Å². The molecule has 0 saturated heterocycles. The second-order valence-corrected chi connectivity index (χ2v) is 7.33. The molecule has 1 heterocycles. The number of rotatable bonds is 6. The van der Waals surface area contributed by atoms with Crippen LogP contribution in [-0.4, -0.2) is 14.7 Å². The molecule has 0 aliphatic heterocycles. The maximum atomic E-state index is 9.16. The van der Waals surface area contributed by atoms with Crippen molar-refractivity contribution in [1.29, 1.82) is 0 Å². The smallest absolute Gasteiger partial charge is 0.108 e. The number of hydrogen-bond acceptors (Lipinski definition) is 2. The van der Waals surface area contributed by atoms with E-state index in [1.807, 2.05) is 18.3 Å². The van der Waals surface area contributed by atoms with Crippen molar-refractivity contribution in [3.05, 3.63) is 89.0 Å². The molecular formula is C23H26N2O. The van der Waals surface area contributed by atoms with E-state index < -0.39 is 0 Å². The van der Waals surface area contributed by atoms with Gasteiger partial charge in [-0.1, -0.05) is 55.5 Å². The zero-order valence-corrected chi connectivity index (χ0v) is 15.3. The molecule has 134 valence electrons. The summed E-state index contributed by atoms with van der Waals surface area (Å²) in [5, 5.41) is 9.16. The van der Waals surface area contributed by atoms with Crippen LogP contribution in [0.3, 0.4) is 0 Å². The third-order valence-corrected chi connectivity index (χ3v) is 5.69. The van der Waals surface area contributed by atoms with Crippen molar-refractivity contribution in [2.45, 2.75) is 51.2 Å². The first-order valence-electron chi connectivity index (χ1n) is 9.55. The van der Waals surface area contributed by atoms with Gasteiger partial charge in [-0.15, -0.1) is 0 Å². The molecule has 0 atom stereocenters. The summed E-state index contributed by atoms with van der Waals surface area (Å²) in [5.41, 5.74) is 5.18. The second-order valence-electron chi connectivity index (χ2n) is 7.33. The number of aliphatic hydroxyl groups excluding tert-OH is 1. The van der Waals surface area contributed by atoms with Crippen molar-refractivity contribution in [2.75, 3.05) is 0 Å². The summed E-state index contributed by atoms with van der Waals surface area (Å²) in [4.78, 5) is 4.40. The third kappa shape index (κ3) is 3.45. The van der Waals surface area contributed by atoms with Gasteiger partial charge in [0.25, 0.3) is 0 Å². The average molecular weight is 346 g/mol. The standard InChI is InChI=1S/C23H26N2O/c1-2-23-24-11-12-25(23)15-17-3-7-19(8-4-17)21-13-22(14-21)20-9-5-18(16-26)6-10-20/h3-12,21-22,26H,2,13-16H2,1H3. The molecule has 3 aromatic rings. The van der Waals surface area contributed by atoms with E-state index >= 15 is 0 Å². The lowest BCUT2D eigenvalue weighted by Crippen LogP contribution is -2.20. The molecule has 1 fully saturated rings. The SMILES string of the molecule is CCc1nccn1Cc1ccc(C2CC(c3ccc(CO)cc3)C2)cc1. The van der Waals surface area contributed by atoms with E-state index in [1.165, 1.54) is 29.5 Å². The number of benzene rings is 2. The predicted octanol–water partition coefficient (Wildman–Crippen LogP) is 4.65. The first-order chi connectivity index (χ1) is 12.8. The molecule has 1 saturated carbocycles. The Hall–Kier alpha value is -2.39. The van der Waals surface area contributed by atoms with Gasteiger partial charge in [-0.2, -0.15) is 0 Å². The Labute approximate surface area is 155 Å². The van der Waals surface area contributed by atoms with Crippen molar-refractivity contribution < 1.29 is 5.11 Å². The first-order valence-corrected chi connectivity index (χ1v) is 9.55. The molecule has 1 aliphatic carbocycles. The highest BCUT2D eigenvalue weighted by atomic mass is 16.3. The van der Waals surface area contributed by atoms with Gasteiger partial charge in [0.1, 0.15) is 5.82 Å². The monoisotopic (exact) mass is 346 g/mol. The predicted molar refractivity (Wildman–Crippen MR) is 104 cm³/mol. The summed E-state index contributed by atoms with van der Waals surface area (Å²) < 4.78 is 2.23. The van der Waals surface area contributed by atoms with Crippen LogP contribution in [0.4, 0.5) is 0 Å². The highest BCUT2D eigenvalue weighted by molar-refractivity contribution is 5.32. The molecular weight excluding hydrogens is 320 g/mol. The molecule has 3 nitrogen and oxygen atoms in total. The van der Waals surface area contributed by atoms with Crippen LogP contribution in [0.5, 0.6) is 0 Å². The Bertz CT molecular complexity index is 843. The summed E-state index contributed by atoms with van der Waals surface area (Å²) in [6.45, 7) is 3.17. The van der Waals surface area contributed by atoms with Gasteiger partial charge in [0.15, 0.2) is 0 Å². The van der Waals surface area contributed by atoms with Gasteiger partial charge in [-0.05, 0) is 46.9 Å². The third-order valence-electron chi connectivity index (χ3n) is 5.69. The maximum absolute atomic E-state index is 9.16. The maximum Gasteiger partial charge on any atom is 0.108 e. The Balaban J connectivity index is 1.36. The van der Waals surface area contributed by atoms with Crippen LogP contribution in [0.25, 0.3) is 0 Å². The highest BCUT2D eigenvalue weighted by Gasteiger charge is 2.31. The molecule has 0 radical (unpaired) electrons. The number of aryl methyl sites for hydroxylation is 1. The van der Waals surface area contributed by atoms with Crippen LogP contribution in [0.15, 0.2) is 60.9 Å². The largest absolute Gasteiger partial charge is 0.392 e. The van der Waals surface area contributed by atoms with E-state index in [2.05, 4.69) is 59.1 Å². The Kier molecular flexibility index (Phi) is 4.89. The number of hydrogen-bond donors (Lipinski definition) is 1. The van der Waals surface area contributed by atoms with Crippen molar-refractivity contribution >= 4 is 0 Å². The van der Waals surface area contributed by atoms with Crippen molar-refractivity contribution in [2.24, 2.45) is 0 Å². The van der Waals surface area contributed by atoms with Crippen LogP contribution in [0.2, 0.25) is 0 Å². The van der Waals surface area contributed by atoms with E-state index in [-0.39, 0.29) is 6.61 Å². The fourth-order valence-electron chi connectivity index (χ4n) is 3.95. The van der Waals surface area contributed by atoms with Gasteiger partial charge >= 0.3 is 0 Å². The van der Waals surface area contributed by atoms with Gasteiger partial charge < -0.3 is 9.67 Å². The van der Waals surface area contributed by atoms with Crippen LogP contribution in [0.1, 0.15) is 59.7 Å². The summed E-state index contributed by atoms with van der Waals surface area (Å²) in [5.74, 6) is 2.47. The van der Waals surface area contributed by atoms with E-state index in [1.54, 1.807) is 0 Å². The minimum Gasteiger partial charge on any atom is -0.392 e. The topological polar surface area (TPSA) is 38.0 Å². The molecule has 0 bridgehead atoms. The number of imidazole rings is 1. The summed E-state index contributed by atoms with van der Waals surface area (Å²) in [7, 11) is 0. The lowest BCUT2D eigenvalue weighted by molar-refractivity contribution is 0.281. The summed E-state index contributed by atoms with van der Waals surface area (Å²) >= 11 is 0.